The molecule has 0 saturated heterocycles. The van der Waals surface area contributed by atoms with Gasteiger partial charge in [0.1, 0.15) is 0 Å². The predicted octanol–water partition coefficient (Wildman–Crippen LogP) is 1.66. The second-order valence-electron chi connectivity index (χ2n) is 6.43. The smallest absolute Gasteiger partial charge is 0.220 e. The van der Waals surface area contributed by atoms with Crippen LogP contribution in [0.15, 0.2) is 4.99 Å². The molecule has 6 nitrogen and oxygen atoms in total. The summed E-state index contributed by atoms with van der Waals surface area (Å²) in [7, 11) is 0. The largest absolute Gasteiger partial charge is 0.380 e. The van der Waals surface area contributed by atoms with Crippen LogP contribution in [0.4, 0.5) is 0 Å². The minimum atomic E-state index is 0.152. The standard InChI is InChI=1S/C17H34N4O2/c1-4-18-17(20-11-13-23-12-9-14(2)3)19-10-5-6-16(22)21-15-7-8-15/h14-15H,4-13H2,1-3H3,(H,21,22)(H2,18,19,20). The fourth-order valence-electron chi connectivity index (χ4n) is 1.96. The Morgan fingerprint density at radius 3 is 2.70 bits per heavy atom. The molecule has 1 amide bonds. The lowest BCUT2D eigenvalue weighted by atomic mass is 10.1. The SMILES string of the molecule is CCNC(=NCCCC(=O)NC1CC1)NCCOCCC(C)C. The third-order valence-electron chi connectivity index (χ3n) is 3.50. The number of hydrogen-bond donors (Lipinski definition) is 3. The first-order chi connectivity index (χ1) is 11.1. The summed E-state index contributed by atoms with van der Waals surface area (Å²) < 4.78 is 5.57. The molecule has 0 atom stereocenters. The van der Waals surface area contributed by atoms with Crippen molar-refractivity contribution in [2.75, 3.05) is 32.8 Å². The van der Waals surface area contributed by atoms with Gasteiger partial charge < -0.3 is 20.7 Å². The molecule has 1 saturated carbocycles. The Morgan fingerprint density at radius 2 is 2.04 bits per heavy atom. The molecule has 134 valence electrons. The summed E-state index contributed by atoms with van der Waals surface area (Å²) in [5.74, 6) is 1.63. The molecule has 23 heavy (non-hydrogen) atoms. The van der Waals surface area contributed by atoms with E-state index in [9.17, 15) is 4.79 Å². The molecule has 1 rings (SSSR count). The van der Waals surface area contributed by atoms with Crippen LogP contribution in [0, 0.1) is 5.92 Å². The number of guanidine groups is 1. The van der Waals surface area contributed by atoms with Gasteiger partial charge in [0.05, 0.1) is 6.61 Å². The van der Waals surface area contributed by atoms with E-state index in [0.29, 0.717) is 31.5 Å². The first-order valence-electron chi connectivity index (χ1n) is 9.01. The number of nitrogens with one attached hydrogen (secondary N) is 3. The molecular formula is C17H34N4O2. The van der Waals surface area contributed by atoms with Crippen LogP contribution in [0.1, 0.15) is 52.9 Å². The maximum atomic E-state index is 11.6. The Bertz CT molecular complexity index is 355. The molecule has 0 spiro atoms. The molecule has 0 radical (unpaired) electrons. The summed E-state index contributed by atoms with van der Waals surface area (Å²) in [6.07, 6.45) is 4.70. The molecule has 0 bridgehead atoms. The van der Waals surface area contributed by atoms with Crippen LogP contribution >= 0.6 is 0 Å². The molecular weight excluding hydrogens is 292 g/mol. The fraction of sp³-hybridized carbons (Fsp3) is 0.882. The lowest BCUT2D eigenvalue weighted by Crippen LogP contribution is -2.39. The first-order valence-corrected chi connectivity index (χ1v) is 9.01. The number of ether oxygens (including phenoxy) is 1. The highest BCUT2D eigenvalue weighted by Crippen LogP contribution is 2.18. The predicted molar refractivity (Wildman–Crippen MR) is 94.7 cm³/mol. The summed E-state index contributed by atoms with van der Waals surface area (Å²) in [6, 6.07) is 0.445. The number of nitrogens with zero attached hydrogens (tertiary/aromatic N) is 1. The Morgan fingerprint density at radius 1 is 1.26 bits per heavy atom. The maximum absolute atomic E-state index is 11.6. The van der Waals surface area contributed by atoms with Crippen molar-refractivity contribution in [3.63, 3.8) is 0 Å². The van der Waals surface area contributed by atoms with Gasteiger partial charge >= 0.3 is 0 Å². The van der Waals surface area contributed by atoms with Gasteiger partial charge in [0.15, 0.2) is 5.96 Å². The van der Waals surface area contributed by atoms with Crippen LogP contribution < -0.4 is 16.0 Å². The Hall–Kier alpha value is -1.30. The third kappa shape index (κ3) is 11.9. The molecule has 0 unspecified atom stereocenters. The number of aliphatic imine (C=N–C) groups is 1. The number of carbonyl (C=O) groups excluding carboxylic acids is 1. The van der Waals surface area contributed by atoms with Crippen molar-refractivity contribution in [3.8, 4) is 0 Å². The molecule has 3 N–H and O–H groups in total. The zero-order valence-corrected chi connectivity index (χ0v) is 15.0. The van der Waals surface area contributed by atoms with Crippen molar-refractivity contribution >= 4 is 11.9 Å². The molecule has 0 aromatic rings. The molecule has 1 aliphatic rings. The van der Waals surface area contributed by atoms with Crippen molar-refractivity contribution < 1.29 is 9.53 Å². The first kappa shape index (κ1) is 19.7. The average Bonchev–Trinajstić information content (AvgIpc) is 3.30. The van der Waals surface area contributed by atoms with Gasteiger partial charge in [0.2, 0.25) is 5.91 Å². The molecule has 1 aliphatic carbocycles. The van der Waals surface area contributed by atoms with E-state index in [2.05, 4.69) is 34.8 Å². The number of rotatable bonds is 12. The van der Waals surface area contributed by atoms with E-state index in [1.54, 1.807) is 0 Å². The van der Waals surface area contributed by atoms with Crippen molar-refractivity contribution in [3.05, 3.63) is 0 Å². The minimum absolute atomic E-state index is 0.152. The van der Waals surface area contributed by atoms with Gasteiger partial charge in [-0.15, -0.1) is 0 Å². The lowest BCUT2D eigenvalue weighted by Gasteiger charge is -2.12. The van der Waals surface area contributed by atoms with E-state index in [4.69, 9.17) is 4.74 Å². The van der Waals surface area contributed by atoms with Gasteiger partial charge in [-0.05, 0) is 38.5 Å². The van der Waals surface area contributed by atoms with Crippen molar-refractivity contribution in [2.45, 2.75) is 58.9 Å². The highest BCUT2D eigenvalue weighted by Gasteiger charge is 2.22. The van der Waals surface area contributed by atoms with Crippen LogP contribution in [0.2, 0.25) is 0 Å². The van der Waals surface area contributed by atoms with Crippen LogP contribution in [0.5, 0.6) is 0 Å². The molecule has 0 heterocycles. The van der Waals surface area contributed by atoms with E-state index < -0.39 is 0 Å². The van der Waals surface area contributed by atoms with Gasteiger partial charge in [-0.1, -0.05) is 13.8 Å². The van der Waals surface area contributed by atoms with E-state index >= 15 is 0 Å². The van der Waals surface area contributed by atoms with Crippen molar-refractivity contribution in [2.24, 2.45) is 10.9 Å². The van der Waals surface area contributed by atoms with Crippen LogP contribution in [-0.4, -0.2) is 50.8 Å². The highest BCUT2D eigenvalue weighted by atomic mass is 16.5. The van der Waals surface area contributed by atoms with E-state index in [0.717, 1.165) is 51.3 Å². The van der Waals surface area contributed by atoms with Gasteiger partial charge in [-0.2, -0.15) is 0 Å². The fourth-order valence-corrected chi connectivity index (χ4v) is 1.96. The average molecular weight is 326 g/mol. The topological polar surface area (TPSA) is 74.8 Å². The zero-order chi connectivity index (χ0) is 16.9. The van der Waals surface area contributed by atoms with Crippen LogP contribution in [0.25, 0.3) is 0 Å². The Labute approximate surface area is 140 Å². The van der Waals surface area contributed by atoms with Crippen LogP contribution in [-0.2, 0) is 9.53 Å². The summed E-state index contributed by atoms with van der Waals surface area (Å²) in [4.78, 5) is 16.1. The molecule has 0 aromatic carbocycles. The van der Waals surface area contributed by atoms with Gasteiger partial charge in [-0.25, -0.2) is 0 Å². The lowest BCUT2D eigenvalue weighted by molar-refractivity contribution is -0.121. The Balaban J connectivity index is 2.07. The quantitative estimate of drug-likeness (QED) is 0.290. The molecule has 0 aliphatic heterocycles. The van der Waals surface area contributed by atoms with Gasteiger partial charge in [0, 0.05) is 38.7 Å². The van der Waals surface area contributed by atoms with Crippen molar-refractivity contribution in [1.29, 1.82) is 0 Å². The number of hydrogen-bond acceptors (Lipinski definition) is 3. The minimum Gasteiger partial charge on any atom is -0.380 e. The highest BCUT2D eigenvalue weighted by molar-refractivity contribution is 5.80. The zero-order valence-electron chi connectivity index (χ0n) is 15.0. The van der Waals surface area contributed by atoms with Gasteiger partial charge in [-0.3, -0.25) is 9.79 Å². The monoisotopic (exact) mass is 326 g/mol. The normalized spacial score (nSPS) is 14.9. The van der Waals surface area contributed by atoms with Crippen LogP contribution in [0.3, 0.4) is 0 Å². The van der Waals surface area contributed by atoms with E-state index in [1.807, 2.05) is 6.92 Å². The summed E-state index contributed by atoms with van der Waals surface area (Å²) in [6.45, 7) is 10.1. The second-order valence-corrected chi connectivity index (χ2v) is 6.43. The molecule has 6 heteroatoms. The Kier molecular flexibility index (Phi) is 10.4. The summed E-state index contributed by atoms with van der Waals surface area (Å²) in [5.41, 5.74) is 0. The summed E-state index contributed by atoms with van der Waals surface area (Å²) in [5, 5.41) is 9.45. The number of amides is 1. The second kappa shape index (κ2) is 12.2. The van der Waals surface area contributed by atoms with E-state index in [-0.39, 0.29) is 5.91 Å². The van der Waals surface area contributed by atoms with Gasteiger partial charge in [0.25, 0.3) is 0 Å². The summed E-state index contributed by atoms with van der Waals surface area (Å²) >= 11 is 0. The van der Waals surface area contributed by atoms with Crippen molar-refractivity contribution in [1.82, 2.24) is 16.0 Å². The van der Waals surface area contributed by atoms with E-state index in [1.165, 1.54) is 0 Å². The molecule has 0 aromatic heterocycles. The maximum Gasteiger partial charge on any atom is 0.220 e. The molecule has 1 fully saturated rings. The third-order valence-corrected chi connectivity index (χ3v) is 3.50. The number of carbonyl (C=O) groups is 1.